The molecule has 1 aliphatic rings. The van der Waals surface area contributed by atoms with E-state index in [2.05, 4.69) is 110 Å². The Balaban J connectivity index is 0.00000210. The molecule has 0 saturated heterocycles. The van der Waals surface area contributed by atoms with E-state index in [1.54, 1.807) is 0 Å². The molecule has 0 saturated carbocycles. The van der Waals surface area contributed by atoms with Crippen molar-refractivity contribution < 1.29 is 58.9 Å². The number of hydrogen-bond donors (Lipinski definition) is 0. The van der Waals surface area contributed by atoms with Crippen molar-refractivity contribution in [2.24, 2.45) is 0 Å². The third-order valence-corrected chi connectivity index (χ3v) is 5.32. The van der Waals surface area contributed by atoms with Gasteiger partial charge in [-0.2, -0.15) is 5.57 Å². The molecule has 0 bridgehead atoms. The largest absolute Gasteiger partial charge is 4.00 e. The van der Waals surface area contributed by atoms with Crippen LogP contribution in [0.3, 0.4) is 0 Å². The fourth-order valence-electron chi connectivity index (χ4n) is 4.09. The Hall–Kier alpha value is -1.28. The van der Waals surface area contributed by atoms with Crippen LogP contribution in [0.15, 0.2) is 108 Å². The maximum atomic E-state index is 3.75. The Morgan fingerprint density at radius 1 is 0.667 bits per heavy atom. The van der Waals surface area contributed by atoms with Crippen molar-refractivity contribution in [3.63, 3.8) is 0 Å². The second-order valence-corrected chi connectivity index (χ2v) is 6.74. The summed E-state index contributed by atoms with van der Waals surface area (Å²) in [5.41, 5.74) is 6.23. The molecule has 0 N–H and O–H groups in total. The van der Waals surface area contributed by atoms with Crippen molar-refractivity contribution in [2.45, 2.75) is 25.2 Å². The topological polar surface area (TPSA) is 0 Å². The molecule has 0 amide bonds. The molecule has 0 nitrogen and oxygen atoms in total. The molecular weight excluding hydrogens is 467 g/mol. The molecule has 0 fully saturated rings. The summed E-state index contributed by atoms with van der Waals surface area (Å²) in [6.07, 6.45) is 8.06. The van der Waals surface area contributed by atoms with Gasteiger partial charge in [-0.25, -0.2) is 17.7 Å². The van der Waals surface area contributed by atoms with Crippen molar-refractivity contribution in [3.05, 3.63) is 131 Å². The SMILES string of the molecule is CCC1=CCC(C(c2ccccc2)(c2ccccc2)c2ccccc2)=[C-]1.[Cl-].[Cl-].[Cl-].[Ti+4]. The van der Waals surface area contributed by atoms with Gasteiger partial charge in [0.05, 0.1) is 0 Å². The first kappa shape index (κ1) is 28.7. The van der Waals surface area contributed by atoms with Crippen molar-refractivity contribution in [2.75, 3.05) is 0 Å². The summed E-state index contributed by atoms with van der Waals surface area (Å²) in [7, 11) is 0. The molecule has 0 aliphatic heterocycles. The van der Waals surface area contributed by atoms with Gasteiger partial charge in [0, 0.05) is 5.41 Å². The van der Waals surface area contributed by atoms with Crippen LogP contribution in [0.4, 0.5) is 0 Å². The van der Waals surface area contributed by atoms with Crippen molar-refractivity contribution in [3.8, 4) is 0 Å². The van der Waals surface area contributed by atoms with Gasteiger partial charge in [-0.15, -0.1) is 0 Å². The molecule has 0 radical (unpaired) electrons. The van der Waals surface area contributed by atoms with Gasteiger partial charge >= 0.3 is 21.7 Å². The first-order chi connectivity index (χ1) is 12.9. The fraction of sp³-hybridized carbons (Fsp3) is 0.154. The first-order valence-electron chi connectivity index (χ1n) is 9.34. The Labute approximate surface area is 214 Å². The molecule has 0 heterocycles. The van der Waals surface area contributed by atoms with Gasteiger partial charge in [0.1, 0.15) is 0 Å². The van der Waals surface area contributed by atoms with Crippen LogP contribution >= 0.6 is 0 Å². The minimum absolute atomic E-state index is 0. The standard InChI is InChI=1S/C26H23.3ClH.Ti/c1-2-21-18-19-25(20-21)26(22-12-6-3-7-13-22,23-14-8-4-9-15-23)24-16-10-5-11-17-24;;;;/h3-18H,2,19H2,1H3;3*1H;/q-1;;;;+4/p-3. The zero-order valence-electron chi connectivity index (χ0n) is 16.8. The molecule has 3 aromatic carbocycles. The zero-order valence-corrected chi connectivity index (χ0v) is 20.6. The molecular formula is C26H23Cl3Ti. The van der Waals surface area contributed by atoms with Crippen molar-refractivity contribution in [1.29, 1.82) is 0 Å². The molecule has 0 atom stereocenters. The number of halogens is 3. The van der Waals surface area contributed by atoms with Crippen LogP contribution in [0, 0.1) is 6.08 Å². The summed E-state index contributed by atoms with van der Waals surface area (Å²) < 4.78 is 0. The van der Waals surface area contributed by atoms with Crippen molar-refractivity contribution in [1.82, 2.24) is 0 Å². The minimum atomic E-state index is -0.308. The van der Waals surface area contributed by atoms with Gasteiger partial charge in [0.2, 0.25) is 0 Å². The van der Waals surface area contributed by atoms with Crippen LogP contribution in [0.5, 0.6) is 0 Å². The molecule has 30 heavy (non-hydrogen) atoms. The Bertz CT molecular complexity index is 839. The number of rotatable bonds is 5. The Kier molecular flexibility index (Phi) is 12.6. The molecule has 4 rings (SSSR count). The van der Waals surface area contributed by atoms with Crippen LogP contribution in [0.1, 0.15) is 36.5 Å². The van der Waals surface area contributed by atoms with E-state index in [1.165, 1.54) is 27.8 Å². The van der Waals surface area contributed by atoms with Crippen LogP contribution in [0.2, 0.25) is 0 Å². The molecule has 4 heteroatoms. The van der Waals surface area contributed by atoms with Crippen LogP contribution in [-0.4, -0.2) is 0 Å². The van der Waals surface area contributed by atoms with Gasteiger partial charge in [0.25, 0.3) is 0 Å². The van der Waals surface area contributed by atoms with E-state index in [0.29, 0.717) is 0 Å². The average molecular weight is 490 g/mol. The summed E-state index contributed by atoms with van der Waals surface area (Å²) in [5, 5.41) is 0. The maximum Gasteiger partial charge on any atom is 4.00 e. The van der Waals surface area contributed by atoms with Crippen LogP contribution < -0.4 is 37.2 Å². The Morgan fingerprint density at radius 2 is 1.03 bits per heavy atom. The van der Waals surface area contributed by atoms with Gasteiger partial charge in [-0.1, -0.05) is 111 Å². The average Bonchev–Trinajstić information content (AvgIpc) is 3.21. The second kappa shape index (κ2) is 13.2. The summed E-state index contributed by atoms with van der Waals surface area (Å²) >= 11 is 0. The summed E-state index contributed by atoms with van der Waals surface area (Å²) in [5.74, 6) is 0. The van der Waals surface area contributed by atoms with Crippen LogP contribution in [0.25, 0.3) is 0 Å². The minimum Gasteiger partial charge on any atom is -1.00 e. The van der Waals surface area contributed by atoms with Gasteiger partial charge in [-0.3, -0.25) is 0 Å². The van der Waals surface area contributed by atoms with Gasteiger partial charge in [-0.05, 0) is 16.7 Å². The summed E-state index contributed by atoms with van der Waals surface area (Å²) in [6.45, 7) is 2.21. The monoisotopic (exact) mass is 488 g/mol. The fourth-order valence-corrected chi connectivity index (χ4v) is 4.09. The molecule has 152 valence electrons. The van der Waals surface area contributed by atoms with E-state index in [0.717, 1.165) is 12.8 Å². The third kappa shape index (κ3) is 5.31. The zero-order chi connectivity index (χ0) is 17.8. The quantitative estimate of drug-likeness (QED) is 0.211. The van der Waals surface area contributed by atoms with Crippen LogP contribution in [-0.2, 0) is 27.1 Å². The van der Waals surface area contributed by atoms with E-state index >= 15 is 0 Å². The Morgan fingerprint density at radius 3 is 1.33 bits per heavy atom. The molecule has 3 aromatic rings. The third-order valence-electron chi connectivity index (χ3n) is 5.32. The summed E-state index contributed by atoms with van der Waals surface area (Å²) in [4.78, 5) is 0. The molecule has 0 unspecified atom stereocenters. The van der Waals surface area contributed by atoms with E-state index in [1.807, 2.05) is 0 Å². The van der Waals surface area contributed by atoms with Gasteiger partial charge < -0.3 is 37.2 Å². The van der Waals surface area contributed by atoms with E-state index in [-0.39, 0.29) is 64.4 Å². The predicted molar refractivity (Wildman–Crippen MR) is 109 cm³/mol. The number of hydrogen-bond acceptors (Lipinski definition) is 0. The van der Waals surface area contributed by atoms with E-state index in [4.69, 9.17) is 0 Å². The van der Waals surface area contributed by atoms with E-state index < -0.39 is 0 Å². The normalized spacial score (nSPS) is 12.2. The smallest absolute Gasteiger partial charge is 1.00 e. The molecule has 0 aromatic heterocycles. The first-order valence-corrected chi connectivity index (χ1v) is 9.34. The molecule has 0 spiro atoms. The second-order valence-electron chi connectivity index (χ2n) is 6.74. The summed E-state index contributed by atoms with van der Waals surface area (Å²) in [6, 6.07) is 32.6. The predicted octanol–water partition coefficient (Wildman–Crippen LogP) is -2.50. The number of allylic oxidation sites excluding steroid dienone is 4. The van der Waals surface area contributed by atoms with E-state index in [9.17, 15) is 0 Å². The van der Waals surface area contributed by atoms with Gasteiger partial charge in [0.15, 0.2) is 0 Å². The maximum absolute atomic E-state index is 3.75. The molecule has 1 aliphatic carbocycles. The number of benzene rings is 3. The van der Waals surface area contributed by atoms with Crippen molar-refractivity contribution >= 4 is 0 Å².